The molecule has 3 rings (SSSR count). The number of nitrogens with zero attached hydrogens (tertiary/aromatic N) is 2. The minimum atomic E-state index is -3.73. The van der Waals surface area contributed by atoms with E-state index in [1.807, 2.05) is 36.6 Å². The van der Waals surface area contributed by atoms with Crippen molar-refractivity contribution in [2.75, 3.05) is 12.9 Å². The number of amides is 1. The van der Waals surface area contributed by atoms with Crippen LogP contribution in [0.3, 0.4) is 0 Å². The van der Waals surface area contributed by atoms with Crippen LogP contribution in [-0.2, 0) is 21.2 Å². The Morgan fingerprint density at radius 2 is 1.89 bits per heavy atom. The highest BCUT2D eigenvalue weighted by atomic mass is 32.2. The molecule has 0 aliphatic heterocycles. The topological polar surface area (TPSA) is 77.7 Å². The van der Waals surface area contributed by atoms with Gasteiger partial charge in [0.05, 0.1) is 22.2 Å². The maximum Gasteiger partial charge on any atom is 0.263 e. The summed E-state index contributed by atoms with van der Waals surface area (Å²) in [6.45, 7) is 4.58. The standard InChI is InChI=1S/C20H22N2O4S2/c1-4-11-22-17-12-15(26-3)7-10-18(17)27-20(22)21-19(23)13-28(24,25)16-8-5-14(2)6-9-16/h5-10,12H,4,11,13H2,1-3H3. The van der Waals surface area contributed by atoms with E-state index >= 15 is 0 Å². The van der Waals surface area contributed by atoms with Crippen molar-refractivity contribution in [2.45, 2.75) is 31.7 Å². The van der Waals surface area contributed by atoms with Crippen LogP contribution in [0.4, 0.5) is 0 Å². The molecule has 0 spiro atoms. The number of thiazole rings is 1. The number of hydrogen-bond donors (Lipinski definition) is 0. The van der Waals surface area contributed by atoms with Crippen LogP contribution in [0, 0.1) is 6.92 Å². The molecule has 2 aromatic carbocycles. The second-order valence-corrected chi connectivity index (χ2v) is 9.45. The molecule has 0 aliphatic rings. The Bertz CT molecular complexity index is 1170. The van der Waals surface area contributed by atoms with E-state index in [0.717, 1.165) is 28.0 Å². The smallest absolute Gasteiger partial charge is 0.263 e. The first-order valence-electron chi connectivity index (χ1n) is 8.88. The molecule has 148 valence electrons. The lowest BCUT2D eigenvalue weighted by Gasteiger charge is -2.05. The Hall–Kier alpha value is -2.45. The molecule has 1 aromatic heterocycles. The SMILES string of the molecule is CCCn1c(=NC(=O)CS(=O)(=O)c2ccc(C)cc2)sc2ccc(OC)cc21. The Labute approximate surface area is 168 Å². The first-order valence-corrected chi connectivity index (χ1v) is 11.4. The lowest BCUT2D eigenvalue weighted by molar-refractivity contribution is -0.115. The van der Waals surface area contributed by atoms with E-state index in [4.69, 9.17) is 4.74 Å². The van der Waals surface area contributed by atoms with Gasteiger partial charge in [0.15, 0.2) is 14.6 Å². The number of benzene rings is 2. The third kappa shape index (κ3) is 4.34. The average Bonchev–Trinajstić information content (AvgIpc) is 2.98. The van der Waals surface area contributed by atoms with Gasteiger partial charge in [-0.3, -0.25) is 4.79 Å². The molecule has 0 atom stereocenters. The van der Waals surface area contributed by atoms with Gasteiger partial charge < -0.3 is 9.30 Å². The third-order valence-corrected chi connectivity index (χ3v) is 6.93. The van der Waals surface area contributed by atoms with Gasteiger partial charge in [0.1, 0.15) is 11.5 Å². The van der Waals surface area contributed by atoms with Crippen LogP contribution in [0.1, 0.15) is 18.9 Å². The van der Waals surface area contributed by atoms with Crippen molar-refractivity contribution in [2.24, 2.45) is 4.99 Å². The van der Waals surface area contributed by atoms with Crippen LogP contribution in [0.15, 0.2) is 52.4 Å². The van der Waals surface area contributed by atoms with Crippen molar-refractivity contribution >= 4 is 37.3 Å². The molecule has 0 saturated heterocycles. The van der Waals surface area contributed by atoms with E-state index < -0.39 is 21.5 Å². The lowest BCUT2D eigenvalue weighted by atomic mass is 10.2. The Morgan fingerprint density at radius 3 is 2.54 bits per heavy atom. The summed E-state index contributed by atoms with van der Waals surface area (Å²) in [5.41, 5.74) is 1.87. The Balaban J connectivity index is 1.98. The number of hydrogen-bond acceptors (Lipinski definition) is 5. The van der Waals surface area contributed by atoms with Crippen molar-refractivity contribution in [3.05, 3.63) is 52.8 Å². The predicted molar refractivity (Wildman–Crippen MR) is 110 cm³/mol. The van der Waals surface area contributed by atoms with E-state index in [1.54, 1.807) is 19.2 Å². The van der Waals surface area contributed by atoms with Gasteiger partial charge in [0.25, 0.3) is 5.91 Å². The van der Waals surface area contributed by atoms with Crippen molar-refractivity contribution < 1.29 is 17.9 Å². The van der Waals surface area contributed by atoms with Crippen LogP contribution >= 0.6 is 11.3 Å². The Kier molecular flexibility index (Phi) is 6.00. The van der Waals surface area contributed by atoms with Crippen LogP contribution in [-0.4, -0.2) is 31.8 Å². The monoisotopic (exact) mass is 418 g/mol. The van der Waals surface area contributed by atoms with Crippen molar-refractivity contribution in [3.8, 4) is 5.75 Å². The number of aromatic nitrogens is 1. The van der Waals surface area contributed by atoms with Gasteiger partial charge in [-0.2, -0.15) is 4.99 Å². The Morgan fingerprint density at radius 1 is 1.18 bits per heavy atom. The molecule has 0 radical (unpaired) electrons. The van der Waals surface area contributed by atoms with Crippen LogP contribution < -0.4 is 9.54 Å². The fourth-order valence-corrected chi connectivity index (χ4v) is 4.99. The molecule has 0 saturated carbocycles. The highest BCUT2D eigenvalue weighted by molar-refractivity contribution is 7.92. The largest absolute Gasteiger partial charge is 0.497 e. The molecule has 0 bridgehead atoms. The zero-order chi connectivity index (χ0) is 20.3. The zero-order valence-corrected chi connectivity index (χ0v) is 17.6. The first kappa shape index (κ1) is 20.3. The molecule has 1 amide bonds. The molecule has 0 aliphatic carbocycles. The van der Waals surface area contributed by atoms with Crippen LogP contribution in [0.5, 0.6) is 5.75 Å². The average molecular weight is 419 g/mol. The summed E-state index contributed by atoms with van der Waals surface area (Å²) in [5.74, 6) is -0.612. The van der Waals surface area contributed by atoms with Crippen LogP contribution in [0.2, 0.25) is 0 Å². The number of methoxy groups -OCH3 is 1. The number of aryl methyl sites for hydroxylation is 2. The second-order valence-electron chi connectivity index (χ2n) is 6.45. The number of rotatable bonds is 6. The van der Waals surface area contributed by atoms with Crippen LogP contribution in [0.25, 0.3) is 10.2 Å². The molecule has 1 heterocycles. The summed E-state index contributed by atoms with van der Waals surface area (Å²) < 4.78 is 33.2. The van der Waals surface area contributed by atoms with Gasteiger partial charge in [-0.05, 0) is 37.6 Å². The fraction of sp³-hybridized carbons (Fsp3) is 0.300. The number of fused-ring (bicyclic) bond motifs is 1. The second kappa shape index (κ2) is 8.28. The predicted octanol–water partition coefficient (Wildman–Crippen LogP) is 3.33. The van der Waals surface area contributed by atoms with Crippen molar-refractivity contribution in [1.29, 1.82) is 0 Å². The molecule has 6 nitrogen and oxygen atoms in total. The van der Waals surface area contributed by atoms with E-state index in [1.165, 1.54) is 23.5 Å². The highest BCUT2D eigenvalue weighted by Gasteiger charge is 2.19. The normalized spacial score (nSPS) is 12.5. The molecule has 0 unspecified atom stereocenters. The van der Waals surface area contributed by atoms with E-state index in [0.29, 0.717) is 11.3 Å². The third-order valence-electron chi connectivity index (χ3n) is 4.25. The van der Waals surface area contributed by atoms with E-state index in [9.17, 15) is 13.2 Å². The summed E-state index contributed by atoms with van der Waals surface area (Å²) in [5, 5.41) is 0. The number of sulfone groups is 1. The van der Waals surface area contributed by atoms with Gasteiger partial charge in [0, 0.05) is 12.6 Å². The summed E-state index contributed by atoms with van der Waals surface area (Å²) in [6.07, 6.45) is 0.853. The van der Waals surface area contributed by atoms with Crippen molar-refractivity contribution in [1.82, 2.24) is 4.57 Å². The summed E-state index contributed by atoms with van der Waals surface area (Å²) >= 11 is 1.36. The lowest BCUT2D eigenvalue weighted by Crippen LogP contribution is -2.21. The van der Waals surface area contributed by atoms with E-state index in [2.05, 4.69) is 4.99 Å². The number of carbonyl (C=O) groups is 1. The fourth-order valence-electron chi connectivity index (χ4n) is 2.83. The molecular weight excluding hydrogens is 396 g/mol. The van der Waals surface area contributed by atoms with Gasteiger partial charge in [-0.25, -0.2) is 8.42 Å². The highest BCUT2D eigenvalue weighted by Crippen LogP contribution is 2.23. The summed E-state index contributed by atoms with van der Waals surface area (Å²) in [6, 6.07) is 12.1. The molecule has 8 heteroatoms. The minimum Gasteiger partial charge on any atom is -0.497 e. The maximum atomic E-state index is 12.5. The molecule has 28 heavy (non-hydrogen) atoms. The number of carbonyl (C=O) groups excluding carboxylic acids is 1. The molecule has 3 aromatic rings. The maximum absolute atomic E-state index is 12.5. The number of ether oxygens (including phenoxy) is 1. The molecule has 0 fully saturated rings. The van der Waals surface area contributed by atoms with Gasteiger partial charge >= 0.3 is 0 Å². The van der Waals surface area contributed by atoms with Gasteiger partial charge in [-0.15, -0.1) is 0 Å². The van der Waals surface area contributed by atoms with E-state index in [-0.39, 0.29) is 4.90 Å². The van der Waals surface area contributed by atoms with Gasteiger partial charge in [-0.1, -0.05) is 36.0 Å². The first-order chi connectivity index (χ1) is 13.3. The van der Waals surface area contributed by atoms with Crippen molar-refractivity contribution in [3.63, 3.8) is 0 Å². The molecule has 0 N–H and O–H groups in total. The quantitative estimate of drug-likeness (QED) is 0.615. The zero-order valence-electron chi connectivity index (χ0n) is 16.0. The summed E-state index contributed by atoms with van der Waals surface area (Å²) in [4.78, 5) is 17.2. The minimum absolute atomic E-state index is 0.129. The molecular formula is C20H22N2O4S2. The van der Waals surface area contributed by atoms with Gasteiger partial charge in [0.2, 0.25) is 0 Å². The summed E-state index contributed by atoms with van der Waals surface area (Å²) in [7, 11) is -2.13.